The quantitative estimate of drug-likeness (QED) is 0.602. The van der Waals surface area contributed by atoms with Gasteiger partial charge in [0.15, 0.2) is 5.78 Å². The Bertz CT molecular complexity index is 639. The molecule has 0 aliphatic carbocycles. The van der Waals surface area contributed by atoms with Crippen molar-refractivity contribution in [1.82, 2.24) is 0 Å². The molecule has 2 aromatic rings. The third-order valence-electron chi connectivity index (χ3n) is 2.49. The zero-order valence-corrected chi connectivity index (χ0v) is 13.2. The van der Waals surface area contributed by atoms with Gasteiger partial charge in [0, 0.05) is 11.1 Å². The van der Waals surface area contributed by atoms with Gasteiger partial charge in [-0.1, -0.05) is 0 Å². The number of nitrogen functional groups attached to an aromatic ring is 1. The molecule has 1 heterocycles. The van der Waals surface area contributed by atoms with E-state index in [0.717, 1.165) is 7.57 Å². The van der Waals surface area contributed by atoms with Crippen LogP contribution in [0.5, 0.6) is 0 Å². The molecule has 6 heteroatoms. The molecule has 0 saturated heterocycles. The molecule has 0 atom stereocenters. The summed E-state index contributed by atoms with van der Waals surface area (Å²) in [5.41, 5.74) is 7.01. The predicted octanol–water partition coefficient (Wildman–Crippen LogP) is 4.53. The summed E-state index contributed by atoms with van der Waals surface area (Å²) in [6, 6.07) is 4.39. The summed E-state index contributed by atoms with van der Waals surface area (Å²) >= 11 is 8.07. The highest BCUT2D eigenvalue weighted by atomic mass is 79.9. The van der Waals surface area contributed by atoms with Crippen LogP contribution in [0.3, 0.4) is 0 Å². The maximum Gasteiger partial charge on any atom is 0.195 e. The minimum absolute atomic E-state index is 0.0191. The van der Waals surface area contributed by atoms with Crippen molar-refractivity contribution in [1.29, 1.82) is 0 Å². The highest BCUT2D eigenvalue weighted by Gasteiger charge is 2.18. The summed E-state index contributed by atoms with van der Waals surface area (Å²) in [6.45, 7) is 1.69. The zero-order valence-electron chi connectivity index (χ0n) is 9.26. The van der Waals surface area contributed by atoms with Gasteiger partial charge in [-0.2, -0.15) is 0 Å². The van der Waals surface area contributed by atoms with Crippen LogP contribution in [-0.4, -0.2) is 5.78 Å². The lowest BCUT2D eigenvalue weighted by Crippen LogP contribution is -2.05. The van der Waals surface area contributed by atoms with Gasteiger partial charge >= 0.3 is 0 Å². The molecular weight excluding hydrogens is 385 g/mol. The van der Waals surface area contributed by atoms with Gasteiger partial charge in [0.1, 0.15) is 5.82 Å². The first-order chi connectivity index (χ1) is 8.40. The number of rotatable bonds is 2. The van der Waals surface area contributed by atoms with Crippen LogP contribution in [0.4, 0.5) is 10.1 Å². The number of aryl methyl sites for hydroxylation is 1. The number of hydrogen-bond acceptors (Lipinski definition) is 3. The Kier molecular flexibility index (Phi) is 3.89. The molecular formula is C12H8Br2FNOS. The highest BCUT2D eigenvalue weighted by molar-refractivity contribution is 9.12. The van der Waals surface area contributed by atoms with Crippen molar-refractivity contribution in [2.75, 3.05) is 5.73 Å². The maximum absolute atomic E-state index is 13.3. The van der Waals surface area contributed by atoms with Gasteiger partial charge in [0.2, 0.25) is 0 Å². The second kappa shape index (κ2) is 5.11. The van der Waals surface area contributed by atoms with E-state index in [1.807, 2.05) is 0 Å². The van der Waals surface area contributed by atoms with Gasteiger partial charge in [-0.05, 0) is 62.5 Å². The molecule has 0 radical (unpaired) electrons. The fourth-order valence-corrected chi connectivity index (χ4v) is 4.37. The Labute approximate surface area is 124 Å². The van der Waals surface area contributed by atoms with Gasteiger partial charge in [0.05, 0.1) is 13.3 Å². The summed E-state index contributed by atoms with van der Waals surface area (Å²) in [4.78, 5) is 12.3. The summed E-state index contributed by atoms with van der Waals surface area (Å²) in [6.07, 6.45) is 0. The van der Waals surface area contributed by atoms with E-state index in [4.69, 9.17) is 5.73 Å². The first-order valence-corrected chi connectivity index (χ1v) is 7.35. The molecule has 0 bridgehead atoms. The molecule has 2 nitrogen and oxygen atoms in total. The molecule has 0 fully saturated rings. The highest BCUT2D eigenvalue weighted by Crippen LogP contribution is 2.34. The van der Waals surface area contributed by atoms with Gasteiger partial charge in [-0.3, -0.25) is 4.79 Å². The van der Waals surface area contributed by atoms with Crippen LogP contribution in [0, 0.1) is 12.7 Å². The smallest absolute Gasteiger partial charge is 0.195 e. The van der Waals surface area contributed by atoms with E-state index in [1.165, 1.54) is 23.5 Å². The van der Waals surface area contributed by atoms with Crippen molar-refractivity contribution < 1.29 is 9.18 Å². The summed E-state index contributed by atoms with van der Waals surface area (Å²) < 4.78 is 14.8. The fourth-order valence-electron chi connectivity index (χ4n) is 1.57. The SMILES string of the molecule is Cc1cc(F)c(N)cc1C(=O)c1cc(Br)sc1Br. The van der Waals surface area contributed by atoms with Gasteiger partial charge in [-0.25, -0.2) is 4.39 Å². The molecule has 94 valence electrons. The zero-order chi connectivity index (χ0) is 13.4. The second-order valence-corrected chi connectivity index (χ2v) is 7.50. The molecule has 0 unspecified atom stereocenters. The lowest BCUT2D eigenvalue weighted by molar-refractivity contribution is 0.103. The molecule has 0 spiro atoms. The monoisotopic (exact) mass is 391 g/mol. The summed E-state index contributed by atoms with van der Waals surface area (Å²) in [7, 11) is 0. The number of hydrogen-bond donors (Lipinski definition) is 1. The Morgan fingerprint density at radius 1 is 1.28 bits per heavy atom. The Morgan fingerprint density at radius 2 is 1.94 bits per heavy atom. The molecule has 18 heavy (non-hydrogen) atoms. The Morgan fingerprint density at radius 3 is 2.50 bits per heavy atom. The number of anilines is 1. The number of benzene rings is 1. The van der Waals surface area contributed by atoms with E-state index >= 15 is 0 Å². The fraction of sp³-hybridized carbons (Fsp3) is 0.0833. The molecule has 2 N–H and O–H groups in total. The van der Waals surface area contributed by atoms with Crippen LogP contribution in [0.1, 0.15) is 21.5 Å². The topological polar surface area (TPSA) is 43.1 Å². The van der Waals surface area contributed by atoms with Crippen molar-refractivity contribution in [3.05, 3.63) is 48.3 Å². The lowest BCUT2D eigenvalue weighted by Gasteiger charge is -2.06. The molecule has 1 aromatic carbocycles. The minimum Gasteiger partial charge on any atom is -0.396 e. The Hall–Kier alpha value is -0.720. The van der Waals surface area contributed by atoms with Crippen molar-refractivity contribution in [2.24, 2.45) is 0 Å². The maximum atomic E-state index is 13.3. The van der Waals surface area contributed by atoms with E-state index < -0.39 is 5.82 Å². The van der Waals surface area contributed by atoms with Crippen LogP contribution in [-0.2, 0) is 0 Å². The normalized spacial score (nSPS) is 10.7. The van der Waals surface area contributed by atoms with Gasteiger partial charge in [-0.15, -0.1) is 11.3 Å². The van der Waals surface area contributed by atoms with Gasteiger partial charge < -0.3 is 5.73 Å². The average molecular weight is 393 g/mol. The van der Waals surface area contributed by atoms with Crippen LogP contribution in [0.25, 0.3) is 0 Å². The average Bonchev–Trinajstić information content (AvgIpc) is 2.62. The van der Waals surface area contributed by atoms with E-state index in [2.05, 4.69) is 31.9 Å². The van der Waals surface area contributed by atoms with Crippen LogP contribution in [0.15, 0.2) is 25.8 Å². The van der Waals surface area contributed by atoms with E-state index in [1.54, 1.807) is 13.0 Å². The Balaban J connectivity index is 2.53. The van der Waals surface area contributed by atoms with Crippen molar-refractivity contribution in [3.8, 4) is 0 Å². The minimum atomic E-state index is -0.505. The number of carbonyl (C=O) groups excluding carboxylic acids is 1. The van der Waals surface area contributed by atoms with Gasteiger partial charge in [0.25, 0.3) is 0 Å². The molecule has 0 amide bonds. The third kappa shape index (κ3) is 2.50. The lowest BCUT2D eigenvalue weighted by atomic mass is 10.00. The summed E-state index contributed by atoms with van der Waals surface area (Å²) in [5, 5.41) is 0. The van der Waals surface area contributed by atoms with E-state index in [-0.39, 0.29) is 11.5 Å². The van der Waals surface area contributed by atoms with Crippen LogP contribution < -0.4 is 5.73 Å². The first-order valence-electron chi connectivity index (χ1n) is 4.95. The second-order valence-electron chi connectivity index (χ2n) is 3.76. The van der Waals surface area contributed by atoms with Crippen molar-refractivity contribution in [2.45, 2.75) is 6.92 Å². The molecule has 2 rings (SSSR count). The number of thiophene rings is 1. The van der Waals surface area contributed by atoms with Crippen LogP contribution in [0.2, 0.25) is 0 Å². The standard InChI is InChI=1S/C12H8Br2FNOS/c1-5-2-8(15)9(16)3-6(5)11(17)7-4-10(13)18-12(7)14/h2-4H,16H2,1H3. The molecule has 0 saturated carbocycles. The third-order valence-corrected chi connectivity index (χ3v) is 4.83. The molecule has 0 aliphatic rings. The number of ketones is 1. The molecule has 1 aromatic heterocycles. The van der Waals surface area contributed by atoms with Crippen LogP contribution >= 0.6 is 43.2 Å². The first kappa shape index (κ1) is 13.7. The molecule has 0 aliphatic heterocycles. The number of carbonyl (C=O) groups is 1. The van der Waals surface area contributed by atoms with Crippen molar-refractivity contribution >= 4 is 54.7 Å². The number of halogens is 3. The predicted molar refractivity (Wildman–Crippen MR) is 78.7 cm³/mol. The van der Waals surface area contributed by atoms with Crippen molar-refractivity contribution in [3.63, 3.8) is 0 Å². The number of nitrogens with two attached hydrogens (primary N) is 1. The van der Waals surface area contributed by atoms with E-state index in [0.29, 0.717) is 16.7 Å². The summed E-state index contributed by atoms with van der Waals surface area (Å²) in [5.74, 6) is -0.678. The van der Waals surface area contributed by atoms with E-state index in [9.17, 15) is 9.18 Å². The largest absolute Gasteiger partial charge is 0.396 e.